The molecule has 1 aromatic heterocycles. The molecule has 0 aliphatic rings. The molecule has 1 rings (SSSR count). The lowest BCUT2D eigenvalue weighted by Gasteiger charge is -2.13. The molecule has 3 heteroatoms. The molecule has 0 amide bonds. The molecule has 0 radical (unpaired) electrons. The van der Waals surface area contributed by atoms with Crippen molar-refractivity contribution in [1.29, 1.82) is 0 Å². The van der Waals surface area contributed by atoms with Crippen LogP contribution in [0, 0.1) is 0 Å². The Hall–Kier alpha value is -0.830. The zero-order chi connectivity index (χ0) is 11.8. The molecule has 1 aromatic rings. The Morgan fingerprint density at radius 3 is 2.88 bits per heavy atom. The van der Waals surface area contributed by atoms with Crippen molar-refractivity contribution in [3.05, 3.63) is 18.0 Å². The highest BCUT2D eigenvalue weighted by Gasteiger charge is 2.02. The predicted octanol–water partition coefficient (Wildman–Crippen LogP) is 2.52. The molecule has 0 saturated carbocycles. The van der Waals surface area contributed by atoms with Crippen LogP contribution in [0.5, 0.6) is 0 Å². The lowest BCUT2D eigenvalue weighted by atomic mass is 10.1. The lowest BCUT2D eigenvalue weighted by molar-refractivity contribution is 0.487. The van der Waals surface area contributed by atoms with E-state index in [1.54, 1.807) is 0 Å². The summed E-state index contributed by atoms with van der Waals surface area (Å²) in [4.78, 5) is 0. The molecule has 0 bridgehead atoms. The van der Waals surface area contributed by atoms with Crippen LogP contribution < -0.4 is 5.32 Å². The van der Waals surface area contributed by atoms with Gasteiger partial charge in [-0.15, -0.1) is 0 Å². The molecule has 1 unspecified atom stereocenters. The number of unbranched alkanes of at least 4 members (excludes halogenated alkanes) is 2. The summed E-state index contributed by atoms with van der Waals surface area (Å²) >= 11 is 0. The minimum absolute atomic E-state index is 0.639. The second-order valence-electron chi connectivity index (χ2n) is 4.55. The third-order valence-electron chi connectivity index (χ3n) is 3.04. The van der Waals surface area contributed by atoms with Crippen LogP contribution in [0.4, 0.5) is 0 Å². The van der Waals surface area contributed by atoms with Gasteiger partial charge in [0.05, 0.1) is 0 Å². The third-order valence-corrected chi connectivity index (χ3v) is 3.04. The molecular weight excluding hydrogens is 198 g/mol. The van der Waals surface area contributed by atoms with Gasteiger partial charge in [0.1, 0.15) is 0 Å². The third kappa shape index (κ3) is 4.79. The first kappa shape index (κ1) is 13.2. The number of aryl methyl sites for hydroxylation is 1. The van der Waals surface area contributed by atoms with E-state index in [9.17, 15) is 0 Å². The van der Waals surface area contributed by atoms with Crippen LogP contribution in [0.25, 0.3) is 0 Å². The van der Waals surface area contributed by atoms with Crippen LogP contribution in [0.15, 0.2) is 12.3 Å². The Labute approximate surface area is 99.2 Å². The molecule has 3 nitrogen and oxygen atoms in total. The molecule has 16 heavy (non-hydrogen) atoms. The van der Waals surface area contributed by atoms with Gasteiger partial charge < -0.3 is 5.32 Å². The zero-order valence-electron chi connectivity index (χ0n) is 10.9. The predicted molar refractivity (Wildman–Crippen MR) is 68.5 cm³/mol. The van der Waals surface area contributed by atoms with Crippen molar-refractivity contribution in [2.45, 2.75) is 52.0 Å². The van der Waals surface area contributed by atoms with E-state index in [1.807, 2.05) is 17.9 Å². The molecule has 0 saturated heterocycles. The fourth-order valence-corrected chi connectivity index (χ4v) is 1.90. The van der Waals surface area contributed by atoms with E-state index in [0.717, 1.165) is 13.0 Å². The first-order valence-corrected chi connectivity index (χ1v) is 6.44. The van der Waals surface area contributed by atoms with Crippen LogP contribution in [0.2, 0.25) is 0 Å². The van der Waals surface area contributed by atoms with Crippen molar-refractivity contribution in [1.82, 2.24) is 15.1 Å². The lowest BCUT2D eigenvalue weighted by Crippen LogP contribution is -2.28. The van der Waals surface area contributed by atoms with Gasteiger partial charge >= 0.3 is 0 Å². The largest absolute Gasteiger partial charge is 0.314 e. The molecule has 0 aromatic carbocycles. The summed E-state index contributed by atoms with van der Waals surface area (Å²) in [7, 11) is 2.00. The number of nitrogens with zero attached hydrogens (tertiary/aromatic N) is 2. The van der Waals surface area contributed by atoms with E-state index in [1.165, 1.54) is 31.4 Å². The van der Waals surface area contributed by atoms with Crippen molar-refractivity contribution in [2.24, 2.45) is 7.05 Å². The Morgan fingerprint density at radius 2 is 2.25 bits per heavy atom. The fourth-order valence-electron chi connectivity index (χ4n) is 1.90. The fraction of sp³-hybridized carbons (Fsp3) is 0.769. The van der Waals surface area contributed by atoms with E-state index < -0.39 is 0 Å². The number of aromatic nitrogens is 2. The zero-order valence-corrected chi connectivity index (χ0v) is 10.9. The molecule has 0 aliphatic carbocycles. The minimum Gasteiger partial charge on any atom is -0.314 e. The monoisotopic (exact) mass is 223 g/mol. The summed E-state index contributed by atoms with van der Waals surface area (Å²) in [5.41, 5.74) is 1.30. The average molecular weight is 223 g/mol. The number of hydrogen-bond donors (Lipinski definition) is 1. The smallest absolute Gasteiger partial charge is 0.0492 e. The van der Waals surface area contributed by atoms with Gasteiger partial charge in [-0.2, -0.15) is 5.10 Å². The summed E-state index contributed by atoms with van der Waals surface area (Å²) in [6, 6.07) is 2.73. The number of rotatable bonds is 8. The van der Waals surface area contributed by atoms with Crippen molar-refractivity contribution < 1.29 is 0 Å². The van der Waals surface area contributed by atoms with Gasteiger partial charge in [-0.05, 0) is 19.4 Å². The van der Waals surface area contributed by atoms with Crippen molar-refractivity contribution in [3.63, 3.8) is 0 Å². The highest BCUT2D eigenvalue weighted by Crippen LogP contribution is 2.03. The van der Waals surface area contributed by atoms with E-state index in [2.05, 4.69) is 30.3 Å². The standard InChI is InChI=1S/C13H25N3/c1-4-5-6-7-12(2)14-10-8-13-9-11-15-16(13)3/h9,11-12,14H,4-8,10H2,1-3H3. The molecule has 0 fully saturated rings. The second kappa shape index (κ2) is 7.44. The maximum atomic E-state index is 4.16. The van der Waals surface area contributed by atoms with Crippen LogP contribution in [-0.4, -0.2) is 22.4 Å². The quantitative estimate of drug-likeness (QED) is 0.686. The SMILES string of the molecule is CCCCCC(C)NCCc1ccnn1C. The Balaban J connectivity index is 2.08. The van der Waals surface area contributed by atoms with Crippen molar-refractivity contribution in [2.75, 3.05) is 6.54 Å². The number of hydrogen-bond acceptors (Lipinski definition) is 2. The molecule has 1 heterocycles. The van der Waals surface area contributed by atoms with Crippen LogP contribution in [0.1, 0.15) is 45.2 Å². The number of nitrogens with one attached hydrogen (secondary N) is 1. The maximum Gasteiger partial charge on any atom is 0.0492 e. The van der Waals surface area contributed by atoms with Gasteiger partial charge in [0.15, 0.2) is 0 Å². The van der Waals surface area contributed by atoms with Gasteiger partial charge in [0.25, 0.3) is 0 Å². The molecular formula is C13H25N3. The summed E-state index contributed by atoms with van der Waals surface area (Å²) in [6.45, 7) is 5.58. The van der Waals surface area contributed by atoms with Crippen LogP contribution in [-0.2, 0) is 13.5 Å². The van der Waals surface area contributed by atoms with Gasteiger partial charge in [-0.1, -0.05) is 26.2 Å². The molecule has 0 aliphatic heterocycles. The van der Waals surface area contributed by atoms with E-state index in [-0.39, 0.29) is 0 Å². The average Bonchev–Trinajstić information content (AvgIpc) is 2.65. The first-order valence-electron chi connectivity index (χ1n) is 6.44. The first-order chi connectivity index (χ1) is 7.74. The van der Waals surface area contributed by atoms with Gasteiger partial charge in [-0.3, -0.25) is 4.68 Å². The van der Waals surface area contributed by atoms with Crippen molar-refractivity contribution in [3.8, 4) is 0 Å². The molecule has 92 valence electrons. The molecule has 0 spiro atoms. The molecule has 1 N–H and O–H groups in total. The highest BCUT2D eigenvalue weighted by atomic mass is 15.3. The minimum atomic E-state index is 0.639. The Bertz CT molecular complexity index is 280. The summed E-state index contributed by atoms with van der Waals surface area (Å²) in [6.07, 6.45) is 8.22. The normalized spacial score (nSPS) is 12.9. The molecule has 1 atom stereocenters. The summed E-state index contributed by atoms with van der Waals surface area (Å²) < 4.78 is 1.95. The summed E-state index contributed by atoms with van der Waals surface area (Å²) in [5, 5.41) is 7.73. The van der Waals surface area contributed by atoms with E-state index >= 15 is 0 Å². The van der Waals surface area contributed by atoms with Gasteiger partial charge in [0, 0.05) is 37.9 Å². The second-order valence-corrected chi connectivity index (χ2v) is 4.55. The topological polar surface area (TPSA) is 29.9 Å². The Kier molecular flexibility index (Phi) is 6.16. The van der Waals surface area contributed by atoms with Crippen molar-refractivity contribution >= 4 is 0 Å². The van der Waals surface area contributed by atoms with Crippen LogP contribution in [0.3, 0.4) is 0 Å². The summed E-state index contributed by atoms with van der Waals surface area (Å²) in [5.74, 6) is 0. The van der Waals surface area contributed by atoms with E-state index in [0.29, 0.717) is 6.04 Å². The van der Waals surface area contributed by atoms with Crippen LogP contribution >= 0.6 is 0 Å². The van der Waals surface area contributed by atoms with Gasteiger partial charge in [0.2, 0.25) is 0 Å². The van der Waals surface area contributed by atoms with Gasteiger partial charge in [-0.25, -0.2) is 0 Å². The Morgan fingerprint density at radius 1 is 1.44 bits per heavy atom. The highest BCUT2D eigenvalue weighted by molar-refractivity contribution is 5.00. The maximum absolute atomic E-state index is 4.16. The van der Waals surface area contributed by atoms with E-state index in [4.69, 9.17) is 0 Å².